The van der Waals surface area contributed by atoms with Gasteiger partial charge in [-0.3, -0.25) is 4.79 Å². The number of carbonyl (C=O) groups excluding carboxylic acids is 1. The fourth-order valence-corrected chi connectivity index (χ4v) is 3.96. The lowest BCUT2D eigenvalue weighted by molar-refractivity contribution is -0.117. The van der Waals surface area contributed by atoms with Gasteiger partial charge in [0.1, 0.15) is 11.1 Å². The maximum Gasteiger partial charge on any atom is 0.242 e. The second kappa shape index (κ2) is 4.71. The number of nitriles is 1. The predicted molar refractivity (Wildman–Crippen MR) is 70.7 cm³/mol. The third-order valence-electron chi connectivity index (χ3n) is 3.65. The van der Waals surface area contributed by atoms with Crippen molar-refractivity contribution in [3.8, 4) is 6.07 Å². The number of fused-ring (bicyclic) bond motifs is 1. The lowest BCUT2D eigenvalue weighted by Crippen LogP contribution is -2.35. The van der Waals surface area contributed by atoms with Gasteiger partial charge in [-0.2, -0.15) is 5.26 Å². The van der Waals surface area contributed by atoms with Crippen LogP contribution in [0, 0.1) is 11.3 Å². The van der Waals surface area contributed by atoms with Crippen molar-refractivity contribution in [3.63, 3.8) is 0 Å². The van der Waals surface area contributed by atoms with E-state index in [0.29, 0.717) is 5.56 Å². The number of hydrogen-bond donors (Lipinski definition) is 2. The van der Waals surface area contributed by atoms with E-state index in [9.17, 15) is 10.1 Å². The van der Waals surface area contributed by atoms with Crippen LogP contribution in [0.4, 0.5) is 5.00 Å². The average Bonchev–Trinajstić information content (AvgIpc) is 3.04. The number of hydrogen-bond acceptors (Lipinski definition) is 4. The van der Waals surface area contributed by atoms with Crippen LogP contribution in [-0.4, -0.2) is 18.5 Å². The van der Waals surface area contributed by atoms with E-state index >= 15 is 0 Å². The highest BCUT2D eigenvalue weighted by atomic mass is 32.1. The Morgan fingerprint density at radius 2 is 2.33 bits per heavy atom. The molecule has 0 unspecified atom stereocenters. The molecule has 94 valence electrons. The van der Waals surface area contributed by atoms with Gasteiger partial charge in [-0.15, -0.1) is 11.3 Å². The largest absolute Gasteiger partial charge is 0.315 e. The van der Waals surface area contributed by atoms with Gasteiger partial charge < -0.3 is 10.6 Å². The molecule has 1 amide bonds. The first-order chi connectivity index (χ1) is 8.79. The number of aryl methyl sites for hydroxylation is 1. The topological polar surface area (TPSA) is 64.9 Å². The van der Waals surface area contributed by atoms with E-state index < -0.39 is 0 Å². The number of carbonyl (C=O) groups is 1. The summed E-state index contributed by atoms with van der Waals surface area (Å²) >= 11 is 1.58. The van der Waals surface area contributed by atoms with Crippen molar-refractivity contribution < 1.29 is 4.79 Å². The number of nitrogens with zero attached hydrogens (tertiary/aromatic N) is 1. The highest BCUT2D eigenvalue weighted by Crippen LogP contribution is 2.38. The Labute approximate surface area is 110 Å². The van der Waals surface area contributed by atoms with Crippen LogP contribution in [0.1, 0.15) is 35.3 Å². The summed E-state index contributed by atoms with van der Waals surface area (Å²) in [5.41, 5.74) is 1.86. The van der Waals surface area contributed by atoms with E-state index in [4.69, 9.17) is 0 Å². The summed E-state index contributed by atoms with van der Waals surface area (Å²) in [6.07, 6.45) is 5.09. The average molecular weight is 261 g/mol. The van der Waals surface area contributed by atoms with Crippen LogP contribution in [0.3, 0.4) is 0 Å². The van der Waals surface area contributed by atoms with Gasteiger partial charge in [0.15, 0.2) is 0 Å². The monoisotopic (exact) mass is 261 g/mol. The minimum atomic E-state index is -0.0894. The first-order valence-corrected chi connectivity index (χ1v) is 7.20. The van der Waals surface area contributed by atoms with Gasteiger partial charge in [-0.25, -0.2) is 0 Å². The van der Waals surface area contributed by atoms with Crippen LogP contribution in [0.2, 0.25) is 0 Å². The minimum absolute atomic E-state index is 0.00363. The van der Waals surface area contributed by atoms with Gasteiger partial charge in [-0.05, 0) is 44.2 Å². The van der Waals surface area contributed by atoms with Gasteiger partial charge in [0.25, 0.3) is 0 Å². The van der Waals surface area contributed by atoms with E-state index in [0.717, 1.165) is 49.2 Å². The highest BCUT2D eigenvalue weighted by molar-refractivity contribution is 7.16. The quantitative estimate of drug-likeness (QED) is 0.853. The summed E-state index contributed by atoms with van der Waals surface area (Å²) in [5.74, 6) is 0.00363. The van der Waals surface area contributed by atoms with Crippen LogP contribution in [-0.2, 0) is 17.6 Å². The molecule has 4 nitrogen and oxygen atoms in total. The smallest absolute Gasteiger partial charge is 0.242 e. The van der Waals surface area contributed by atoms with Crippen molar-refractivity contribution in [2.24, 2.45) is 0 Å². The van der Waals surface area contributed by atoms with Crippen LogP contribution >= 0.6 is 11.3 Å². The zero-order valence-electron chi connectivity index (χ0n) is 10.1. The minimum Gasteiger partial charge on any atom is -0.315 e. The zero-order valence-corrected chi connectivity index (χ0v) is 10.9. The Morgan fingerprint density at radius 1 is 1.44 bits per heavy atom. The SMILES string of the molecule is N#Cc1c(NC(=O)[C@H]2CCCN2)sc2c1CCC2. The lowest BCUT2D eigenvalue weighted by atomic mass is 10.1. The molecule has 1 aliphatic carbocycles. The molecule has 0 radical (unpaired) electrons. The van der Waals surface area contributed by atoms with Crippen molar-refractivity contribution in [1.29, 1.82) is 5.26 Å². The van der Waals surface area contributed by atoms with Crippen molar-refractivity contribution in [2.75, 3.05) is 11.9 Å². The van der Waals surface area contributed by atoms with E-state index in [1.807, 2.05) is 0 Å². The normalized spacial score (nSPS) is 21.6. The molecule has 0 bridgehead atoms. The first-order valence-electron chi connectivity index (χ1n) is 6.38. The van der Waals surface area contributed by atoms with Gasteiger partial charge in [0, 0.05) is 4.88 Å². The molecule has 3 rings (SSSR count). The number of anilines is 1. The van der Waals surface area contributed by atoms with Crippen LogP contribution in [0.15, 0.2) is 0 Å². The molecular weight excluding hydrogens is 246 g/mol. The lowest BCUT2D eigenvalue weighted by Gasteiger charge is -2.10. The molecule has 1 aromatic heterocycles. The Morgan fingerprint density at radius 3 is 3.06 bits per heavy atom. The highest BCUT2D eigenvalue weighted by Gasteiger charge is 2.26. The third kappa shape index (κ3) is 1.92. The number of nitrogens with one attached hydrogen (secondary N) is 2. The van der Waals surface area contributed by atoms with E-state index in [1.165, 1.54) is 4.88 Å². The fourth-order valence-electron chi connectivity index (χ4n) is 2.72. The molecule has 2 aliphatic rings. The molecule has 1 saturated heterocycles. The van der Waals surface area contributed by atoms with E-state index in [2.05, 4.69) is 16.7 Å². The molecule has 2 heterocycles. The van der Waals surface area contributed by atoms with Gasteiger partial charge in [-0.1, -0.05) is 0 Å². The molecule has 1 fully saturated rings. The predicted octanol–water partition coefficient (Wildman–Crippen LogP) is 1.80. The molecular formula is C13H15N3OS. The molecule has 1 atom stereocenters. The summed E-state index contributed by atoms with van der Waals surface area (Å²) in [7, 11) is 0. The summed E-state index contributed by atoms with van der Waals surface area (Å²) in [5, 5.41) is 16.1. The number of thiophene rings is 1. The molecule has 18 heavy (non-hydrogen) atoms. The molecule has 0 aromatic carbocycles. The zero-order chi connectivity index (χ0) is 12.5. The molecule has 0 spiro atoms. The molecule has 2 N–H and O–H groups in total. The number of amides is 1. The summed E-state index contributed by atoms with van der Waals surface area (Å²) in [4.78, 5) is 13.3. The second-order valence-corrected chi connectivity index (χ2v) is 5.92. The Kier molecular flexibility index (Phi) is 3.06. The van der Waals surface area contributed by atoms with Crippen LogP contribution < -0.4 is 10.6 Å². The summed E-state index contributed by atoms with van der Waals surface area (Å²) in [6.45, 7) is 0.907. The molecule has 1 aliphatic heterocycles. The van der Waals surface area contributed by atoms with Gasteiger partial charge in [0.2, 0.25) is 5.91 Å². The Hall–Kier alpha value is -1.38. The van der Waals surface area contributed by atoms with Gasteiger partial charge >= 0.3 is 0 Å². The van der Waals surface area contributed by atoms with E-state index in [-0.39, 0.29) is 11.9 Å². The third-order valence-corrected chi connectivity index (χ3v) is 4.85. The Bertz CT molecular complexity index is 523. The molecule has 5 heteroatoms. The summed E-state index contributed by atoms with van der Waals surface area (Å²) < 4.78 is 0. The van der Waals surface area contributed by atoms with Crippen molar-refractivity contribution in [1.82, 2.24) is 5.32 Å². The van der Waals surface area contributed by atoms with Crippen molar-refractivity contribution >= 4 is 22.2 Å². The van der Waals surface area contributed by atoms with Crippen LogP contribution in [0.25, 0.3) is 0 Å². The standard InChI is InChI=1S/C13H15N3OS/c14-7-9-8-3-1-5-11(8)18-13(9)16-12(17)10-4-2-6-15-10/h10,15H,1-6H2,(H,16,17)/t10-/m1/s1. The summed E-state index contributed by atoms with van der Waals surface area (Å²) in [6, 6.07) is 2.16. The molecule has 0 saturated carbocycles. The first kappa shape index (κ1) is 11.7. The van der Waals surface area contributed by atoms with Crippen LogP contribution in [0.5, 0.6) is 0 Å². The number of rotatable bonds is 2. The van der Waals surface area contributed by atoms with Crippen molar-refractivity contribution in [2.45, 2.75) is 38.1 Å². The maximum absolute atomic E-state index is 12.0. The van der Waals surface area contributed by atoms with E-state index in [1.54, 1.807) is 11.3 Å². The van der Waals surface area contributed by atoms with Gasteiger partial charge in [0.05, 0.1) is 11.6 Å². The fraction of sp³-hybridized carbons (Fsp3) is 0.538. The molecule has 1 aromatic rings. The van der Waals surface area contributed by atoms with Crippen molar-refractivity contribution in [3.05, 3.63) is 16.0 Å². The second-order valence-electron chi connectivity index (χ2n) is 4.81. The Balaban J connectivity index is 1.81. The maximum atomic E-state index is 12.0.